The fraction of sp³-hybridized carbons (Fsp3) is 0.263. The van der Waals surface area contributed by atoms with Gasteiger partial charge in [-0.05, 0) is 5.56 Å². The summed E-state index contributed by atoms with van der Waals surface area (Å²) < 4.78 is 17.2. The van der Waals surface area contributed by atoms with Gasteiger partial charge >= 0.3 is 17.6 Å². The van der Waals surface area contributed by atoms with Crippen molar-refractivity contribution in [1.82, 2.24) is 9.13 Å². The van der Waals surface area contributed by atoms with Crippen LogP contribution in [-0.2, 0) is 33.2 Å². The minimum atomic E-state index is -1.50. The van der Waals surface area contributed by atoms with E-state index in [9.17, 15) is 19.2 Å². The van der Waals surface area contributed by atoms with Gasteiger partial charge in [0.15, 0.2) is 0 Å². The van der Waals surface area contributed by atoms with Crippen LogP contribution in [0.5, 0.6) is 5.88 Å². The Morgan fingerprint density at radius 3 is 2.21 bits per heavy atom. The van der Waals surface area contributed by atoms with Gasteiger partial charge in [0.2, 0.25) is 12.0 Å². The van der Waals surface area contributed by atoms with Crippen LogP contribution in [0.2, 0.25) is 0 Å². The summed E-state index contributed by atoms with van der Waals surface area (Å²) in [6.07, 6.45) is -1.50. The van der Waals surface area contributed by atoms with E-state index in [0.29, 0.717) is 5.56 Å². The van der Waals surface area contributed by atoms with Crippen LogP contribution in [0.25, 0.3) is 5.57 Å². The standard InChI is InChI=1S/C19H18N2O7/c1-20-15(22)13-11(10-8-6-5-7-9-10)12(17(23)26-3)14(18(24)27-4)28-16(13)21(2)19(20)25/h5-9,14H,1-4H3. The first-order valence-corrected chi connectivity index (χ1v) is 8.26. The number of esters is 2. The second-order valence-electron chi connectivity index (χ2n) is 6.05. The van der Waals surface area contributed by atoms with Crippen LogP contribution < -0.4 is 16.0 Å². The molecule has 1 atom stereocenters. The van der Waals surface area contributed by atoms with E-state index in [1.807, 2.05) is 0 Å². The van der Waals surface area contributed by atoms with Gasteiger partial charge in [-0.2, -0.15) is 0 Å². The Balaban J connectivity index is 2.53. The minimum Gasteiger partial charge on any atom is -0.466 e. The number of carbonyl (C=O) groups is 2. The first-order valence-electron chi connectivity index (χ1n) is 8.26. The predicted molar refractivity (Wildman–Crippen MR) is 97.8 cm³/mol. The molecule has 2 heterocycles. The van der Waals surface area contributed by atoms with Crippen molar-refractivity contribution in [2.75, 3.05) is 14.2 Å². The molecular formula is C19H18N2O7. The molecule has 1 unspecified atom stereocenters. The Hall–Kier alpha value is -3.62. The number of fused-ring (bicyclic) bond motifs is 1. The van der Waals surface area contributed by atoms with Gasteiger partial charge in [0.25, 0.3) is 5.56 Å². The Bertz CT molecular complexity index is 1110. The van der Waals surface area contributed by atoms with Crippen molar-refractivity contribution in [2.24, 2.45) is 14.1 Å². The molecule has 1 aromatic heterocycles. The van der Waals surface area contributed by atoms with E-state index in [4.69, 9.17) is 14.2 Å². The number of methoxy groups -OCH3 is 2. The molecule has 9 nitrogen and oxygen atoms in total. The quantitative estimate of drug-likeness (QED) is 0.683. The molecule has 1 aliphatic rings. The molecule has 28 heavy (non-hydrogen) atoms. The molecule has 9 heteroatoms. The number of carbonyl (C=O) groups excluding carboxylic acids is 2. The van der Waals surface area contributed by atoms with Crippen molar-refractivity contribution in [1.29, 1.82) is 0 Å². The van der Waals surface area contributed by atoms with E-state index < -0.39 is 29.3 Å². The first kappa shape index (κ1) is 19.2. The summed E-state index contributed by atoms with van der Waals surface area (Å²) in [6.45, 7) is 0. The summed E-state index contributed by atoms with van der Waals surface area (Å²) >= 11 is 0. The zero-order chi connectivity index (χ0) is 20.6. The molecule has 0 bridgehead atoms. The molecule has 0 saturated heterocycles. The minimum absolute atomic E-state index is 0.0173. The molecule has 1 aromatic carbocycles. The summed E-state index contributed by atoms with van der Waals surface area (Å²) in [4.78, 5) is 50.3. The zero-order valence-corrected chi connectivity index (χ0v) is 15.7. The molecule has 0 spiro atoms. The lowest BCUT2D eigenvalue weighted by molar-refractivity contribution is -0.150. The van der Waals surface area contributed by atoms with Crippen LogP contribution in [-0.4, -0.2) is 41.4 Å². The average molecular weight is 386 g/mol. The Morgan fingerprint density at radius 2 is 1.64 bits per heavy atom. The van der Waals surface area contributed by atoms with Gasteiger partial charge in [-0.15, -0.1) is 0 Å². The normalized spacial score (nSPS) is 15.5. The average Bonchev–Trinajstić information content (AvgIpc) is 2.74. The largest absolute Gasteiger partial charge is 0.466 e. The molecule has 0 saturated carbocycles. The number of rotatable bonds is 3. The highest BCUT2D eigenvalue weighted by Crippen LogP contribution is 2.37. The maximum atomic E-state index is 12.9. The van der Waals surface area contributed by atoms with Crippen LogP contribution in [0.4, 0.5) is 0 Å². The van der Waals surface area contributed by atoms with E-state index in [1.165, 1.54) is 14.1 Å². The molecular weight excluding hydrogens is 368 g/mol. The Labute approximate surface area is 159 Å². The monoisotopic (exact) mass is 386 g/mol. The molecule has 3 rings (SSSR count). The Morgan fingerprint density at radius 1 is 1.00 bits per heavy atom. The fourth-order valence-electron chi connectivity index (χ4n) is 3.11. The maximum Gasteiger partial charge on any atom is 0.352 e. The van der Waals surface area contributed by atoms with Crippen molar-refractivity contribution in [2.45, 2.75) is 6.10 Å². The molecule has 0 aliphatic carbocycles. The van der Waals surface area contributed by atoms with E-state index in [-0.39, 0.29) is 22.6 Å². The molecule has 1 aliphatic heterocycles. The fourth-order valence-corrected chi connectivity index (χ4v) is 3.11. The van der Waals surface area contributed by atoms with Crippen LogP contribution in [0.1, 0.15) is 11.1 Å². The van der Waals surface area contributed by atoms with E-state index >= 15 is 0 Å². The molecule has 0 radical (unpaired) electrons. The molecule has 2 aromatic rings. The van der Waals surface area contributed by atoms with Gasteiger partial charge in [0, 0.05) is 19.7 Å². The lowest BCUT2D eigenvalue weighted by Gasteiger charge is -2.29. The van der Waals surface area contributed by atoms with Crippen LogP contribution in [0.3, 0.4) is 0 Å². The molecule has 146 valence electrons. The summed E-state index contributed by atoms with van der Waals surface area (Å²) in [5, 5.41) is 0. The van der Waals surface area contributed by atoms with E-state index in [1.54, 1.807) is 30.3 Å². The first-order chi connectivity index (χ1) is 13.3. The number of hydrogen-bond acceptors (Lipinski definition) is 7. The van der Waals surface area contributed by atoms with Crippen molar-refractivity contribution in [3.05, 3.63) is 67.9 Å². The molecule has 0 N–H and O–H groups in total. The second-order valence-corrected chi connectivity index (χ2v) is 6.05. The highest BCUT2D eigenvalue weighted by Gasteiger charge is 2.42. The number of aromatic nitrogens is 2. The summed E-state index contributed by atoms with van der Waals surface area (Å²) in [5.41, 5.74) is -0.861. The zero-order valence-electron chi connectivity index (χ0n) is 15.7. The lowest BCUT2D eigenvalue weighted by atomic mass is 9.89. The summed E-state index contributed by atoms with van der Waals surface area (Å²) in [6, 6.07) is 8.54. The van der Waals surface area contributed by atoms with Gasteiger partial charge in [0.05, 0.1) is 19.8 Å². The van der Waals surface area contributed by atoms with Gasteiger partial charge in [-0.3, -0.25) is 13.9 Å². The topological polar surface area (TPSA) is 106 Å². The molecule has 0 fully saturated rings. The van der Waals surface area contributed by atoms with Crippen LogP contribution >= 0.6 is 0 Å². The highest BCUT2D eigenvalue weighted by atomic mass is 16.6. The number of ether oxygens (including phenoxy) is 3. The third-order valence-corrected chi connectivity index (χ3v) is 4.50. The van der Waals surface area contributed by atoms with E-state index in [0.717, 1.165) is 23.4 Å². The van der Waals surface area contributed by atoms with Gasteiger partial charge in [0.1, 0.15) is 5.56 Å². The summed E-state index contributed by atoms with van der Waals surface area (Å²) in [5.74, 6) is -1.85. The van der Waals surface area contributed by atoms with Crippen molar-refractivity contribution >= 4 is 17.5 Å². The maximum absolute atomic E-state index is 12.9. The van der Waals surface area contributed by atoms with Gasteiger partial charge in [-0.25, -0.2) is 14.4 Å². The number of hydrogen-bond donors (Lipinski definition) is 0. The lowest BCUT2D eigenvalue weighted by Crippen LogP contribution is -2.45. The predicted octanol–water partition coefficient (Wildman–Crippen LogP) is -0.00710. The number of nitrogens with zero attached hydrogens (tertiary/aromatic N) is 2. The third kappa shape index (κ3) is 2.81. The highest BCUT2D eigenvalue weighted by molar-refractivity contribution is 6.08. The SMILES string of the molecule is COC(=O)C1=C(c2ccccc2)c2c(n(C)c(=O)n(C)c2=O)OC1C(=O)OC. The van der Waals surface area contributed by atoms with Crippen LogP contribution in [0.15, 0.2) is 45.5 Å². The van der Waals surface area contributed by atoms with Gasteiger partial charge < -0.3 is 14.2 Å². The number of benzene rings is 1. The van der Waals surface area contributed by atoms with Gasteiger partial charge in [-0.1, -0.05) is 30.3 Å². The third-order valence-electron chi connectivity index (χ3n) is 4.50. The van der Waals surface area contributed by atoms with Crippen molar-refractivity contribution in [3.8, 4) is 5.88 Å². The molecule has 0 amide bonds. The van der Waals surface area contributed by atoms with Crippen LogP contribution in [0, 0.1) is 0 Å². The van der Waals surface area contributed by atoms with Crippen molar-refractivity contribution in [3.63, 3.8) is 0 Å². The summed E-state index contributed by atoms with van der Waals surface area (Å²) in [7, 11) is 5.01. The Kier molecular flexibility index (Phi) is 4.91. The van der Waals surface area contributed by atoms with E-state index in [2.05, 4.69) is 0 Å². The second kappa shape index (κ2) is 7.18. The smallest absolute Gasteiger partial charge is 0.352 e. The van der Waals surface area contributed by atoms with Crippen molar-refractivity contribution < 1.29 is 23.8 Å².